The van der Waals surface area contributed by atoms with E-state index in [4.69, 9.17) is 12.2 Å². The van der Waals surface area contributed by atoms with E-state index in [1.54, 1.807) is 18.2 Å². The van der Waals surface area contributed by atoms with Gasteiger partial charge in [0, 0.05) is 0 Å². The van der Waals surface area contributed by atoms with Crippen molar-refractivity contribution in [2.45, 2.75) is 33.1 Å². The van der Waals surface area contributed by atoms with Gasteiger partial charge < -0.3 is 5.32 Å². The van der Waals surface area contributed by atoms with Gasteiger partial charge in [-0.05, 0) is 54.7 Å². The molecule has 0 bridgehead atoms. The molecule has 0 saturated heterocycles. The molecule has 0 aliphatic rings. The Morgan fingerprint density at radius 3 is 2.31 bits per heavy atom. The van der Waals surface area contributed by atoms with Gasteiger partial charge in [0.15, 0.2) is 5.11 Å². The number of para-hydroxylation sites is 1. The van der Waals surface area contributed by atoms with Crippen LogP contribution in [-0.4, -0.2) is 11.0 Å². The fourth-order valence-electron chi connectivity index (χ4n) is 2.51. The lowest BCUT2D eigenvalue weighted by atomic mass is 9.96. The standard InChI is InChI=1S/C20H24FN3OS/c1-13(2)12-15-8-10-16(11-9-15)14(3)19(25)23-24-20(26)22-18-7-5-4-6-17(18)21/h4-11,13-14H,12H2,1-3H3,(H,23,25)(H2,22,24,26). The highest BCUT2D eigenvalue weighted by atomic mass is 32.1. The van der Waals surface area contributed by atoms with Crippen LogP contribution in [0.3, 0.4) is 0 Å². The van der Waals surface area contributed by atoms with Crippen molar-refractivity contribution in [3.05, 3.63) is 65.5 Å². The molecule has 0 heterocycles. The number of halogens is 1. The number of rotatable bonds is 5. The van der Waals surface area contributed by atoms with Crippen molar-refractivity contribution in [1.29, 1.82) is 0 Å². The van der Waals surface area contributed by atoms with E-state index in [-0.39, 0.29) is 22.6 Å². The summed E-state index contributed by atoms with van der Waals surface area (Å²) in [5.74, 6) is -0.391. The molecule has 1 amide bonds. The molecule has 4 nitrogen and oxygen atoms in total. The molecule has 0 spiro atoms. The van der Waals surface area contributed by atoms with E-state index < -0.39 is 5.82 Å². The van der Waals surface area contributed by atoms with Gasteiger partial charge in [0.05, 0.1) is 11.6 Å². The topological polar surface area (TPSA) is 53.2 Å². The minimum atomic E-state index is -0.419. The average molecular weight is 373 g/mol. The monoisotopic (exact) mass is 373 g/mol. The van der Waals surface area contributed by atoms with Crippen LogP contribution in [0.5, 0.6) is 0 Å². The van der Waals surface area contributed by atoms with E-state index in [1.807, 2.05) is 19.1 Å². The molecule has 1 atom stereocenters. The van der Waals surface area contributed by atoms with Gasteiger partial charge in [-0.2, -0.15) is 0 Å². The predicted molar refractivity (Wildman–Crippen MR) is 107 cm³/mol. The number of nitrogens with one attached hydrogen (secondary N) is 3. The highest BCUT2D eigenvalue weighted by Gasteiger charge is 2.15. The first-order valence-electron chi connectivity index (χ1n) is 8.57. The van der Waals surface area contributed by atoms with Crippen LogP contribution >= 0.6 is 12.2 Å². The molecule has 138 valence electrons. The fraction of sp³-hybridized carbons (Fsp3) is 0.300. The zero-order valence-electron chi connectivity index (χ0n) is 15.2. The molecular formula is C20H24FN3OS. The van der Waals surface area contributed by atoms with Gasteiger partial charge in [0.25, 0.3) is 0 Å². The van der Waals surface area contributed by atoms with Gasteiger partial charge in [-0.3, -0.25) is 15.6 Å². The smallest absolute Gasteiger partial charge is 0.245 e. The van der Waals surface area contributed by atoms with Crippen LogP contribution in [0.4, 0.5) is 10.1 Å². The molecule has 6 heteroatoms. The highest BCUT2D eigenvalue weighted by molar-refractivity contribution is 7.80. The Kier molecular flexibility index (Phi) is 7.09. The van der Waals surface area contributed by atoms with E-state index in [2.05, 4.69) is 42.1 Å². The number of benzene rings is 2. The summed E-state index contributed by atoms with van der Waals surface area (Å²) in [5.41, 5.74) is 7.57. The van der Waals surface area contributed by atoms with Gasteiger partial charge in [0.2, 0.25) is 5.91 Å². The van der Waals surface area contributed by atoms with Gasteiger partial charge in [0.1, 0.15) is 5.82 Å². The summed E-state index contributed by atoms with van der Waals surface area (Å²) < 4.78 is 13.6. The molecule has 2 aromatic rings. The SMILES string of the molecule is CC(C)Cc1ccc(C(C)C(=O)NNC(=S)Nc2ccccc2F)cc1. The van der Waals surface area contributed by atoms with E-state index in [1.165, 1.54) is 11.6 Å². The zero-order valence-corrected chi connectivity index (χ0v) is 16.0. The molecule has 0 aliphatic heterocycles. The second kappa shape index (κ2) is 9.29. The predicted octanol–water partition coefficient (Wildman–Crippen LogP) is 4.15. The summed E-state index contributed by atoms with van der Waals surface area (Å²) in [5, 5.41) is 2.81. The third-order valence-corrected chi connectivity index (χ3v) is 4.14. The van der Waals surface area contributed by atoms with Crippen LogP contribution in [0.25, 0.3) is 0 Å². The molecule has 26 heavy (non-hydrogen) atoms. The number of amides is 1. The number of carbonyl (C=O) groups is 1. The van der Waals surface area contributed by atoms with Crippen LogP contribution in [0.1, 0.15) is 37.8 Å². The average Bonchev–Trinajstić information content (AvgIpc) is 2.61. The summed E-state index contributed by atoms with van der Waals surface area (Å²) in [6.07, 6.45) is 1.01. The molecule has 2 rings (SSSR count). The fourth-order valence-corrected chi connectivity index (χ4v) is 2.67. The maximum Gasteiger partial charge on any atom is 0.245 e. The van der Waals surface area contributed by atoms with Crippen LogP contribution in [-0.2, 0) is 11.2 Å². The van der Waals surface area contributed by atoms with E-state index in [0.29, 0.717) is 5.92 Å². The first kappa shape index (κ1) is 19.8. The summed E-state index contributed by atoms with van der Waals surface area (Å²) in [6, 6.07) is 14.2. The van der Waals surface area contributed by atoms with Crippen LogP contribution in [0.2, 0.25) is 0 Å². The van der Waals surface area contributed by atoms with Crippen molar-refractivity contribution in [3.8, 4) is 0 Å². The van der Waals surface area contributed by atoms with Crippen molar-refractivity contribution < 1.29 is 9.18 Å². The molecule has 0 aliphatic carbocycles. The van der Waals surface area contributed by atoms with Crippen molar-refractivity contribution in [2.75, 3.05) is 5.32 Å². The molecule has 0 fully saturated rings. The Balaban J connectivity index is 1.86. The number of hydrazine groups is 1. The second-order valence-corrected chi connectivity index (χ2v) is 7.02. The summed E-state index contributed by atoms with van der Waals surface area (Å²) in [4.78, 5) is 12.3. The van der Waals surface area contributed by atoms with Gasteiger partial charge >= 0.3 is 0 Å². The molecule has 1 unspecified atom stereocenters. The molecule has 0 saturated carbocycles. The van der Waals surface area contributed by atoms with Crippen molar-refractivity contribution in [2.24, 2.45) is 5.92 Å². The van der Waals surface area contributed by atoms with Crippen molar-refractivity contribution in [3.63, 3.8) is 0 Å². The maximum atomic E-state index is 13.6. The lowest BCUT2D eigenvalue weighted by Crippen LogP contribution is -2.45. The summed E-state index contributed by atoms with van der Waals surface area (Å²) in [7, 11) is 0. The minimum Gasteiger partial charge on any atom is -0.329 e. The quantitative estimate of drug-likeness (QED) is 0.544. The van der Waals surface area contributed by atoms with Crippen LogP contribution < -0.4 is 16.2 Å². The highest BCUT2D eigenvalue weighted by Crippen LogP contribution is 2.17. The van der Waals surface area contributed by atoms with Gasteiger partial charge in [-0.25, -0.2) is 4.39 Å². The first-order chi connectivity index (χ1) is 12.4. The molecule has 0 aromatic heterocycles. The Hall–Kier alpha value is -2.47. The number of anilines is 1. The zero-order chi connectivity index (χ0) is 19.1. The molecule has 0 radical (unpaired) electrons. The number of hydrogen-bond acceptors (Lipinski definition) is 2. The number of thiocarbonyl (C=S) groups is 1. The third kappa shape index (κ3) is 5.81. The van der Waals surface area contributed by atoms with Gasteiger partial charge in [-0.1, -0.05) is 50.2 Å². The third-order valence-electron chi connectivity index (χ3n) is 3.94. The lowest BCUT2D eigenvalue weighted by Gasteiger charge is -2.16. The maximum absolute atomic E-state index is 13.6. The van der Waals surface area contributed by atoms with E-state index in [0.717, 1.165) is 12.0 Å². The Bertz CT molecular complexity index is 762. The molecule has 2 aromatic carbocycles. The largest absolute Gasteiger partial charge is 0.329 e. The summed E-state index contributed by atoms with van der Waals surface area (Å²) in [6.45, 7) is 6.17. The Labute approximate surface area is 159 Å². The van der Waals surface area contributed by atoms with E-state index >= 15 is 0 Å². The summed E-state index contributed by atoms with van der Waals surface area (Å²) >= 11 is 5.07. The van der Waals surface area contributed by atoms with Crippen LogP contribution in [0, 0.1) is 11.7 Å². The minimum absolute atomic E-state index is 0.114. The lowest BCUT2D eigenvalue weighted by molar-refractivity contribution is -0.122. The van der Waals surface area contributed by atoms with Crippen molar-refractivity contribution >= 4 is 28.9 Å². The normalized spacial score (nSPS) is 11.7. The Morgan fingerprint density at radius 1 is 1.04 bits per heavy atom. The van der Waals surface area contributed by atoms with Gasteiger partial charge in [-0.15, -0.1) is 0 Å². The molecular weight excluding hydrogens is 349 g/mol. The van der Waals surface area contributed by atoms with Crippen molar-refractivity contribution in [1.82, 2.24) is 10.9 Å². The second-order valence-electron chi connectivity index (χ2n) is 6.61. The van der Waals surface area contributed by atoms with E-state index in [9.17, 15) is 9.18 Å². The number of carbonyl (C=O) groups excluding carboxylic acids is 1. The molecule has 3 N–H and O–H groups in total. The van der Waals surface area contributed by atoms with Crippen LogP contribution in [0.15, 0.2) is 48.5 Å². The first-order valence-corrected chi connectivity index (χ1v) is 8.98. The number of hydrogen-bond donors (Lipinski definition) is 3. The Morgan fingerprint density at radius 2 is 1.69 bits per heavy atom.